The topological polar surface area (TPSA) is 94.9 Å². The molecule has 0 saturated carbocycles. The van der Waals surface area contributed by atoms with Crippen LogP contribution >= 0.6 is 0 Å². The quantitative estimate of drug-likeness (QED) is 0.443. The molecule has 18 heavy (non-hydrogen) atoms. The van der Waals surface area contributed by atoms with E-state index in [1.165, 1.54) is 6.33 Å². The maximum atomic E-state index is 11.7. The van der Waals surface area contributed by atoms with Crippen LogP contribution in [0.5, 0.6) is 0 Å². The summed E-state index contributed by atoms with van der Waals surface area (Å²) in [6.45, 7) is 1.73. The first-order valence-corrected chi connectivity index (χ1v) is 5.82. The molecule has 0 bridgehead atoms. The van der Waals surface area contributed by atoms with Gasteiger partial charge in [-0.15, -0.1) is 0 Å². The molecule has 7 nitrogen and oxygen atoms in total. The molecule has 1 atom stereocenters. The Hall–Kier alpha value is -2.14. The number of nitrogens with zero attached hydrogens (tertiary/aromatic N) is 6. The second-order valence-corrected chi connectivity index (χ2v) is 4.32. The van der Waals surface area contributed by atoms with Crippen molar-refractivity contribution in [2.75, 3.05) is 19.6 Å². The first-order valence-electron chi connectivity index (χ1n) is 5.82. The molecule has 0 radical (unpaired) electrons. The smallest absolute Gasteiger partial charge is 0.222 e. The van der Waals surface area contributed by atoms with E-state index in [-0.39, 0.29) is 11.8 Å². The number of hydrogen-bond donors (Lipinski definition) is 0. The summed E-state index contributed by atoms with van der Waals surface area (Å²) in [5.74, 6) is 0.283. The normalized spacial score (nSPS) is 18.8. The van der Waals surface area contributed by atoms with Gasteiger partial charge >= 0.3 is 0 Å². The Bertz CT molecular complexity index is 456. The van der Waals surface area contributed by atoms with E-state index >= 15 is 0 Å². The van der Waals surface area contributed by atoms with Gasteiger partial charge < -0.3 is 4.90 Å². The van der Waals surface area contributed by atoms with Gasteiger partial charge in [0.15, 0.2) is 0 Å². The largest absolute Gasteiger partial charge is 0.342 e. The molecule has 1 amide bonds. The molecule has 1 fully saturated rings. The van der Waals surface area contributed by atoms with Crippen molar-refractivity contribution in [1.29, 1.82) is 0 Å². The lowest BCUT2D eigenvalue weighted by atomic mass is 10.1. The Morgan fingerprint density at radius 1 is 1.50 bits per heavy atom. The summed E-state index contributed by atoms with van der Waals surface area (Å²) in [5.41, 5.74) is 9.27. The molecule has 1 unspecified atom stereocenters. The highest BCUT2D eigenvalue weighted by Crippen LogP contribution is 2.18. The second-order valence-electron chi connectivity index (χ2n) is 4.32. The van der Waals surface area contributed by atoms with Gasteiger partial charge in [0.25, 0.3) is 0 Å². The number of likely N-dealkylation sites (tertiary alicyclic amines) is 1. The van der Waals surface area contributed by atoms with Gasteiger partial charge in [0.2, 0.25) is 5.91 Å². The summed E-state index contributed by atoms with van der Waals surface area (Å²) < 4.78 is 0. The minimum Gasteiger partial charge on any atom is -0.342 e. The molecule has 1 saturated heterocycles. The van der Waals surface area contributed by atoms with Crippen LogP contribution in [-0.4, -0.2) is 40.4 Å². The van der Waals surface area contributed by atoms with Gasteiger partial charge in [-0.25, -0.2) is 9.97 Å². The van der Waals surface area contributed by atoms with E-state index < -0.39 is 0 Å². The SMILES string of the molecule is [N-]=[N+]=NCC1CC(=O)N(CCc2cncnc2)C1. The fourth-order valence-corrected chi connectivity index (χ4v) is 2.07. The Kier molecular flexibility index (Phi) is 4.09. The molecule has 0 spiro atoms. The van der Waals surface area contributed by atoms with Crippen LogP contribution in [0.1, 0.15) is 12.0 Å². The number of aromatic nitrogens is 2. The first kappa shape index (κ1) is 12.3. The molecule has 94 valence electrons. The maximum absolute atomic E-state index is 11.7. The number of azide groups is 1. The van der Waals surface area contributed by atoms with Crippen molar-refractivity contribution in [2.24, 2.45) is 11.0 Å². The van der Waals surface area contributed by atoms with E-state index in [1.807, 2.05) is 4.90 Å². The van der Waals surface area contributed by atoms with Gasteiger partial charge in [-0.1, -0.05) is 5.11 Å². The van der Waals surface area contributed by atoms with Crippen LogP contribution in [0, 0.1) is 5.92 Å². The highest BCUT2D eigenvalue weighted by atomic mass is 16.2. The van der Waals surface area contributed by atoms with Crippen LogP contribution in [0.15, 0.2) is 23.8 Å². The van der Waals surface area contributed by atoms with Crippen LogP contribution in [0.3, 0.4) is 0 Å². The molecular weight excluding hydrogens is 232 g/mol. The van der Waals surface area contributed by atoms with E-state index in [2.05, 4.69) is 20.0 Å². The summed E-state index contributed by atoms with van der Waals surface area (Å²) in [6.07, 6.45) is 6.22. The summed E-state index contributed by atoms with van der Waals surface area (Å²) in [6, 6.07) is 0. The van der Waals surface area contributed by atoms with Crippen molar-refractivity contribution >= 4 is 5.91 Å². The fraction of sp³-hybridized carbons (Fsp3) is 0.545. The summed E-state index contributed by atoms with van der Waals surface area (Å²) in [7, 11) is 0. The predicted molar refractivity (Wildman–Crippen MR) is 64.4 cm³/mol. The van der Waals surface area contributed by atoms with Crippen LogP contribution in [0.25, 0.3) is 10.4 Å². The molecule has 0 N–H and O–H groups in total. The van der Waals surface area contributed by atoms with E-state index in [4.69, 9.17) is 5.53 Å². The molecule has 0 aromatic carbocycles. The molecule has 1 aliphatic heterocycles. The summed E-state index contributed by atoms with van der Waals surface area (Å²) >= 11 is 0. The Morgan fingerprint density at radius 2 is 2.28 bits per heavy atom. The highest BCUT2D eigenvalue weighted by Gasteiger charge is 2.28. The van der Waals surface area contributed by atoms with Crippen LogP contribution in [0.4, 0.5) is 0 Å². The standard InChI is InChI=1S/C11H14N6O/c12-16-15-6-10-3-11(18)17(7-10)2-1-9-4-13-8-14-5-9/h4-5,8,10H,1-3,6-7H2. The minimum atomic E-state index is 0.130. The second kappa shape index (κ2) is 5.97. The van der Waals surface area contributed by atoms with Crippen molar-refractivity contribution in [3.05, 3.63) is 34.7 Å². The molecule has 2 rings (SSSR count). The zero-order valence-electron chi connectivity index (χ0n) is 9.94. The van der Waals surface area contributed by atoms with Crippen LogP contribution < -0.4 is 0 Å². The molecule has 1 aliphatic rings. The van der Waals surface area contributed by atoms with Gasteiger partial charge in [-0.2, -0.15) is 0 Å². The average molecular weight is 246 g/mol. The van der Waals surface area contributed by atoms with Crippen molar-refractivity contribution in [1.82, 2.24) is 14.9 Å². The third-order valence-electron chi connectivity index (χ3n) is 2.98. The van der Waals surface area contributed by atoms with Gasteiger partial charge in [-0.05, 0) is 23.4 Å². The molecule has 1 aromatic rings. The molecule has 0 aliphatic carbocycles. The monoisotopic (exact) mass is 246 g/mol. The predicted octanol–water partition coefficient (Wildman–Crippen LogP) is 1.18. The maximum Gasteiger partial charge on any atom is 0.222 e. The van der Waals surface area contributed by atoms with E-state index in [0.717, 1.165) is 12.0 Å². The van der Waals surface area contributed by atoms with E-state index in [0.29, 0.717) is 26.1 Å². The number of rotatable bonds is 5. The molecule has 7 heteroatoms. The van der Waals surface area contributed by atoms with Crippen LogP contribution in [-0.2, 0) is 11.2 Å². The van der Waals surface area contributed by atoms with Crippen molar-refractivity contribution in [2.45, 2.75) is 12.8 Å². The van der Waals surface area contributed by atoms with Crippen molar-refractivity contribution in [3.63, 3.8) is 0 Å². The van der Waals surface area contributed by atoms with Gasteiger partial charge in [0.05, 0.1) is 0 Å². The minimum absolute atomic E-state index is 0.130. The summed E-state index contributed by atoms with van der Waals surface area (Å²) in [4.78, 5) is 24.1. The van der Waals surface area contributed by atoms with E-state index in [1.54, 1.807) is 12.4 Å². The Labute approximate surface area is 104 Å². The lowest BCUT2D eigenvalue weighted by Gasteiger charge is -2.15. The van der Waals surface area contributed by atoms with Gasteiger partial charge in [0.1, 0.15) is 6.33 Å². The Morgan fingerprint density at radius 3 is 3.00 bits per heavy atom. The zero-order valence-corrected chi connectivity index (χ0v) is 9.94. The lowest BCUT2D eigenvalue weighted by Crippen LogP contribution is -2.27. The summed E-state index contributed by atoms with van der Waals surface area (Å²) in [5, 5.41) is 3.52. The Balaban J connectivity index is 1.83. The fourth-order valence-electron chi connectivity index (χ4n) is 2.07. The van der Waals surface area contributed by atoms with Crippen molar-refractivity contribution < 1.29 is 4.79 Å². The highest BCUT2D eigenvalue weighted by molar-refractivity contribution is 5.78. The number of carbonyl (C=O) groups is 1. The van der Waals surface area contributed by atoms with E-state index in [9.17, 15) is 4.79 Å². The third kappa shape index (κ3) is 3.18. The molecular formula is C11H14N6O. The third-order valence-corrected chi connectivity index (χ3v) is 2.98. The number of hydrogen-bond acceptors (Lipinski definition) is 4. The lowest BCUT2D eigenvalue weighted by molar-refractivity contribution is -0.127. The molecule has 1 aromatic heterocycles. The van der Waals surface area contributed by atoms with Gasteiger partial charge in [-0.3, -0.25) is 4.79 Å². The number of amides is 1. The zero-order chi connectivity index (χ0) is 12.8. The van der Waals surface area contributed by atoms with Crippen molar-refractivity contribution in [3.8, 4) is 0 Å². The van der Waals surface area contributed by atoms with Gasteiger partial charge in [0, 0.05) is 43.4 Å². The molecule has 2 heterocycles. The first-order chi connectivity index (χ1) is 8.79. The van der Waals surface area contributed by atoms with Crippen LogP contribution in [0.2, 0.25) is 0 Å². The average Bonchev–Trinajstić information content (AvgIpc) is 2.76. The number of carbonyl (C=O) groups excluding carboxylic acids is 1.